The number of aromatic nitrogens is 2. The van der Waals surface area contributed by atoms with Crippen LogP contribution in [-0.4, -0.2) is 15.9 Å². The lowest BCUT2D eigenvalue weighted by molar-refractivity contribution is -0.115. The minimum Gasteiger partial charge on any atom is -0.458 e. The van der Waals surface area contributed by atoms with Crippen LogP contribution in [0.2, 0.25) is 0 Å². The lowest BCUT2D eigenvalue weighted by atomic mass is 10.1. The molecule has 2 heterocycles. The summed E-state index contributed by atoms with van der Waals surface area (Å²) in [4.78, 5) is 20.4. The van der Waals surface area contributed by atoms with E-state index in [1.165, 1.54) is 6.20 Å². The monoisotopic (exact) mass is 386 g/mol. The van der Waals surface area contributed by atoms with Crippen molar-refractivity contribution in [1.82, 2.24) is 15.3 Å². The fourth-order valence-corrected chi connectivity index (χ4v) is 2.74. The number of nitrogens with one attached hydrogen (secondary N) is 1. The number of furan rings is 1. The van der Waals surface area contributed by atoms with Crippen LogP contribution in [0, 0.1) is 6.92 Å². The Bertz CT molecular complexity index is 880. The Balaban J connectivity index is 1.77. The van der Waals surface area contributed by atoms with Gasteiger partial charge in [0.25, 0.3) is 5.91 Å². The molecule has 6 nitrogen and oxygen atoms in total. The van der Waals surface area contributed by atoms with E-state index in [0.29, 0.717) is 5.76 Å². The minimum absolute atomic E-state index is 0.212. The molecule has 3 rings (SSSR count). The highest BCUT2D eigenvalue weighted by Crippen LogP contribution is 2.29. The van der Waals surface area contributed by atoms with Gasteiger partial charge in [-0.25, -0.2) is 9.97 Å². The number of hydrogen-bond donors (Lipinski definition) is 2. The van der Waals surface area contributed by atoms with Gasteiger partial charge in [0.15, 0.2) is 5.82 Å². The molecule has 0 unspecified atom stereocenters. The van der Waals surface area contributed by atoms with Gasteiger partial charge in [0, 0.05) is 24.0 Å². The van der Waals surface area contributed by atoms with Gasteiger partial charge in [0.1, 0.15) is 11.3 Å². The van der Waals surface area contributed by atoms with E-state index in [0.717, 1.165) is 21.0 Å². The van der Waals surface area contributed by atoms with E-state index in [1.54, 1.807) is 18.5 Å². The molecule has 7 heteroatoms. The third kappa shape index (κ3) is 3.16. The van der Waals surface area contributed by atoms with Gasteiger partial charge < -0.3 is 15.5 Å². The number of nitrogens with two attached hydrogens (primary N) is 1. The molecule has 0 saturated carbocycles. The van der Waals surface area contributed by atoms with Crippen molar-refractivity contribution in [3.63, 3.8) is 0 Å². The van der Waals surface area contributed by atoms with Crippen LogP contribution < -0.4 is 11.1 Å². The number of fused-ring (bicyclic) bond motifs is 1. The fourth-order valence-electron chi connectivity index (χ4n) is 2.32. The first-order valence-electron chi connectivity index (χ1n) is 7.25. The van der Waals surface area contributed by atoms with Gasteiger partial charge in [-0.3, -0.25) is 4.79 Å². The molecule has 0 radical (unpaired) electrons. The van der Waals surface area contributed by atoms with Crippen LogP contribution >= 0.6 is 15.9 Å². The second-order valence-electron chi connectivity index (χ2n) is 5.16. The lowest BCUT2D eigenvalue weighted by Gasteiger charge is -2.05. The van der Waals surface area contributed by atoms with E-state index in [2.05, 4.69) is 31.2 Å². The van der Waals surface area contributed by atoms with Gasteiger partial charge in [-0.2, -0.15) is 0 Å². The lowest BCUT2D eigenvalue weighted by Crippen LogP contribution is -2.25. The second-order valence-corrected chi connectivity index (χ2v) is 6.01. The topological polar surface area (TPSA) is 94.0 Å². The number of carbonyl (C=O) groups is 1. The maximum absolute atomic E-state index is 12.3. The molecule has 0 aliphatic heterocycles. The summed E-state index contributed by atoms with van der Waals surface area (Å²) in [5, 5.41) is 3.78. The average Bonchev–Trinajstić information content (AvgIpc) is 3.04. The van der Waals surface area contributed by atoms with Crippen LogP contribution in [0.5, 0.6) is 0 Å². The van der Waals surface area contributed by atoms with Crippen molar-refractivity contribution in [1.29, 1.82) is 0 Å². The first kappa shape index (κ1) is 16.2. The molecule has 3 N–H and O–H groups in total. The molecule has 0 atom stereocenters. The predicted molar refractivity (Wildman–Crippen MR) is 94.7 cm³/mol. The van der Waals surface area contributed by atoms with Crippen molar-refractivity contribution in [3.05, 3.63) is 64.5 Å². The van der Waals surface area contributed by atoms with Crippen molar-refractivity contribution in [3.8, 4) is 0 Å². The number of carbonyl (C=O) groups excluding carboxylic acids is 1. The first-order valence-corrected chi connectivity index (χ1v) is 8.04. The first-order chi connectivity index (χ1) is 11.6. The number of benzene rings is 1. The summed E-state index contributed by atoms with van der Waals surface area (Å²) in [6.45, 7) is 2.25. The van der Waals surface area contributed by atoms with E-state index in [4.69, 9.17) is 10.2 Å². The SMILES string of the molecule is Cc1ccc(Br)c2oc(CNC(=O)/C(=C/N)c3ncccn3)cc12. The third-order valence-electron chi connectivity index (χ3n) is 3.55. The molecule has 0 spiro atoms. The van der Waals surface area contributed by atoms with Crippen LogP contribution in [0.3, 0.4) is 0 Å². The zero-order valence-electron chi connectivity index (χ0n) is 12.9. The van der Waals surface area contributed by atoms with Crippen LogP contribution in [-0.2, 0) is 11.3 Å². The average molecular weight is 387 g/mol. The zero-order chi connectivity index (χ0) is 17.1. The van der Waals surface area contributed by atoms with E-state index in [9.17, 15) is 4.79 Å². The number of hydrogen-bond acceptors (Lipinski definition) is 5. The molecule has 0 bridgehead atoms. The highest BCUT2D eigenvalue weighted by Gasteiger charge is 2.15. The molecule has 24 heavy (non-hydrogen) atoms. The van der Waals surface area contributed by atoms with E-state index in [1.807, 2.05) is 25.1 Å². The summed E-state index contributed by atoms with van der Waals surface area (Å²) < 4.78 is 6.68. The van der Waals surface area contributed by atoms with Crippen molar-refractivity contribution >= 4 is 38.4 Å². The Hall–Kier alpha value is -2.67. The molecule has 1 aromatic carbocycles. The van der Waals surface area contributed by atoms with Gasteiger partial charge in [-0.05, 0) is 46.6 Å². The summed E-state index contributed by atoms with van der Waals surface area (Å²) in [7, 11) is 0. The van der Waals surface area contributed by atoms with Gasteiger partial charge in [0.05, 0.1) is 16.6 Å². The molecule has 3 aromatic rings. The standard InChI is InChI=1S/C17H15BrN4O2/c1-10-3-4-14(18)15-12(10)7-11(24-15)9-22-17(23)13(8-19)16-20-5-2-6-21-16/h2-8H,9,19H2,1H3,(H,22,23)/b13-8+. The molecule has 2 aromatic heterocycles. The van der Waals surface area contributed by atoms with Crippen LogP contribution in [0.1, 0.15) is 17.1 Å². The highest BCUT2D eigenvalue weighted by atomic mass is 79.9. The van der Waals surface area contributed by atoms with Crippen LogP contribution in [0.4, 0.5) is 0 Å². The molecule has 0 aliphatic carbocycles. The van der Waals surface area contributed by atoms with Crippen molar-refractivity contribution in [2.45, 2.75) is 13.5 Å². The number of amides is 1. The Kier molecular flexibility index (Phi) is 4.61. The summed E-state index contributed by atoms with van der Waals surface area (Å²) in [5.41, 5.74) is 7.63. The largest absolute Gasteiger partial charge is 0.458 e. The Morgan fingerprint density at radius 1 is 1.38 bits per heavy atom. The van der Waals surface area contributed by atoms with Gasteiger partial charge in [0.2, 0.25) is 0 Å². The molecule has 0 aliphatic rings. The molecule has 1 amide bonds. The summed E-state index contributed by atoms with van der Waals surface area (Å²) >= 11 is 3.47. The quantitative estimate of drug-likeness (QED) is 0.672. The number of rotatable bonds is 4. The summed E-state index contributed by atoms with van der Waals surface area (Å²) in [6.07, 6.45) is 4.31. The summed E-state index contributed by atoms with van der Waals surface area (Å²) in [5.74, 6) is 0.569. The third-order valence-corrected chi connectivity index (χ3v) is 4.17. The maximum Gasteiger partial charge on any atom is 0.256 e. The Morgan fingerprint density at radius 2 is 2.12 bits per heavy atom. The smallest absolute Gasteiger partial charge is 0.256 e. The van der Waals surface area contributed by atoms with E-state index in [-0.39, 0.29) is 23.8 Å². The van der Waals surface area contributed by atoms with Crippen molar-refractivity contribution in [2.75, 3.05) is 0 Å². The molecular weight excluding hydrogens is 372 g/mol. The Morgan fingerprint density at radius 3 is 2.79 bits per heavy atom. The van der Waals surface area contributed by atoms with E-state index >= 15 is 0 Å². The molecule has 0 saturated heterocycles. The predicted octanol–water partition coefficient (Wildman–Crippen LogP) is 2.91. The molecular formula is C17H15BrN4O2. The van der Waals surface area contributed by atoms with Gasteiger partial charge >= 0.3 is 0 Å². The highest BCUT2D eigenvalue weighted by molar-refractivity contribution is 9.10. The normalized spacial score (nSPS) is 11.7. The Labute approximate surface area is 146 Å². The fraction of sp³-hybridized carbons (Fsp3) is 0.118. The second kappa shape index (κ2) is 6.84. The van der Waals surface area contributed by atoms with Gasteiger partial charge in [-0.15, -0.1) is 0 Å². The maximum atomic E-state index is 12.3. The molecule has 0 fully saturated rings. The van der Waals surface area contributed by atoms with Crippen LogP contribution in [0.15, 0.2) is 51.7 Å². The number of halogens is 1. The van der Waals surface area contributed by atoms with E-state index < -0.39 is 0 Å². The van der Waals surface area contributed by atoms with Gasteiger partial charge in [-0.1, -0.05) is 6.07 Å². The van der Waals surface area contributed by atoms with Crippen molar-refractivity contribution < 1.29 is 9.21 Å². The number of aryl methyl sites for hydroxylation is 1. The number of nitrogens with zero attached hydrogens (tertiary/aromatic N) is 2. The minimum atomic E-state index is -0.361. The van der Waals surface area contributed by atoms with Crippen LogP contribution in [0.25, 0.3) is 16.5 Å². The zero-order valence-corrected chi connectivity index (χ0v) is 14.5. The molecule has 122 valence electrons. The van der Waals surface area contributed by atoms with Crippen molar-refractivity contribution in [2.24, 2.45) is 5.73 Å². The summed E-state index contributed by atoms with van der Waals surface area (Å²) in [6, 6.07) is 7.53.